The third kappa shape index (κ3) is 6.35. The SMILES string of the molecule is CCOCCS(=O)(=O)NCC(CC)(CC)CN. The van der Waals surface area contributed by atoms with E-state index in [1.807, 2.05) is 20.8 Å². The Kier molecular flexibility index (Phi) is 7.94. The van der Waals surface area contributed by atoms with Gasteiger partial charge >= 0.3 is 0 Å². The summed E-state index contributed by atoms with van der Waals surface area (Å²) >= 11 is 0. The molecule has 0 amide bonds. The molecule has 0 saturated carbocycles. The normalized spacial score (nSPS) is 12.9. The van der Waals surface area contributed by atoms with Crippen LogP contribution in [-0.2, 0) is 14.8 Å². The first-order valence-corrected chi connectivity index (χ1v) is 7.85. The van der Waals surface area contributed by atoms with Crippen LogP contribution in [-0.4, -0.2) is 40.5 Å². The predicted molar refractivity (Wildman–Crippen MR) is 70.4 cm³/mol. The molecule has 0 spiro atoms. The molecular formula is C11H26N2O3S. The number of nitrogens with two attached hydrogens (primary N) is 1. The van der Waals surface area contributed by atoms with Gasteiger partial charge in [-0.25, -0.2) is 13.1 Å². The zero-order valence-corrected chi connectivity index (χ0v) is 12.0. The molecule has 0 aliphatic heterocycles. The lowest BCUT2D eigenvalue weighted by atomic mass is 9.83. The van der Waals surface area contributed by atoms with E-state index in [2.05, 4.69) is 4.72 Å². The third-order valence-electron chi connectivity index (χ3n) is 3.30. The molecule has 0 atom stereocenters. The van der Waals surface area contributed by atoms with E-state index in [0.29, 0.717) is 19.7 Å². The zero-order valence-electron chi connectivity index (χ0n) is 11.2. The Labute approximate surface area is 105 Å². The van der Waals surface area contributed by atoms with E-state index in [4.69, 9.17) is 10.5 Å². The van der Waals surface area contributed by atoms with Crippen LogP contribution in [0.2, 0.25) is 0 Å². The van der Waals surface area contributed by atoms with Gasteiger partial charge in [-0.3, -0.25) is 0 Å². The minimum atomic E-state index is -3.25. The van der Waals surface area contributed by atoms with E-state index in [9.17, 15) is 8.42 Å². The molecule has 0 aliphatic carbocycles. The van der Waals surface area contributed by atoms with Gasteiger partial charge in [0.25, 0.3) is 0 Å². The van der Waals surface area contributed by atoms with Crippen LogP contribution in [0.1, 0.15) is 33.6 Å². The van der Waals surface area contributed by atoms with Crippen LogP contribution in [0.4, 0.5) is 0 Å². The number of hydrogen-bond donors (Lipinski definition) is 2. The Morgan fingerprint density at radius 2 is 1.82 bits per heavy atom. The molecule has 104 valence electrons. The molecule has 0 unspecified atom stereocenters. The second kappa shape index (κ2) is 8.02. The second-order valence-electron chi connectivity index (χ2n) is 4.25. The maximum atomic E-state index is 11.7. The largest absolute Gasteiger partial charge is 0.381 e. The fourth-order valence-electron chi connectivity index (χ4n) is 1.51. The van der Waals surface area contributed by atoms with Gasteiger partial charge in [-0.15, -0.1) is 0 Å². The highest BCUT2D eigenvalue weighted by Crippen LogP contribution is 2.23. The van der Waals surface area contributed by atoms with Crippen LogP contribution in [0.25, 0.3) is 0 Å². The van der Waals surface area contributed by atoms with Crippen molar-refractivity contribution in [2.45, 2.75) is 33.6 Å². The molecule has 0 aromatic heterocycles. The summed E-state index contributed by atoms with van der Waals surface area (Å²) in [6.45, 7) is 7.58. The highest BCUT2D eigenvalue weighted by Gasteiger charge is 2.26. The number of rotatable bonds is 10. The van der Waals surface area contributed by atoms with Gasteiger partial charge in [0.2, 0.25) is 10.0 Å². The lowest BCUT2D eigenvalue weighted by Gasteiger charge is -2.30. The molecule has 0 saturated heterocycles. The monoisotopic (exact) mass is 266 g/mol. The van der Waals surface area contributed by atoms with E-state index in [1.165, 1.54) is 0 Å². The molecular weight excluding hydrogens is 240 g/mol. The zero-order chi connectivity index (χ0) is 13.4. The fourth-order valence-corrected chi connectivity index (χ4v) is 2.52. The summed E-state index contributed by atoms with van der Waals surface area (Å²) < 4.78 is 31.0. The lowest BCUT2D eigenvalue weighted by molar-refractivity contribution is 0.163. The average molecular weight is 266 g/mol. The first-order chi connectivity index (χ1) is 7.95. The van der Waals surface area contributed by atoms with Crippen molar-refractivity contribution in [2.24, 2.45) is 11.1 Å². The standard InChI is InChI=1S/C11H26N2O3S/c1-4-11(5-2,9-12)10-13-17(14,15)8-7-16-6-3/h13H,4-10,12H2,1-3H3. The Morgan fingerprint density at radius 1 is 1.24 bits per heavy atom. The summed E-state index contributed by atoms with van der Waals surface area (Å²) in [6.07, 6.45) is 1.74. The van der Waals surface area contributed by atoms with Crippen molar-refractivity contribution in [3.8, 4) is 0 Å². The van der Waals surface area contributed by atoms with E-state index < -0.39 is 10.0 Å². The molecule has 0 rings (SSSR count). The van der Waals surface area contributed by atoms with Gasteiger partial charge in [0, 0.05) is 13.2 Å². The number of sulfonamides is 1. The first-order valence-electron chi connectivity index (χ1n) is 6.20. The van der Waals surface area contributed by atoms with Gasteiger partial charge in [0.15, 0.2) is 0 Å². The molecule has 0 fully saturated rings. The predicted octanol–water partition coefficient (Wildman–Crippen LogP) is 0.707. The fraction of sp³-hybridized carbons (Fsp3) is 1.00. The van der Waals surface area contributed by atoms with E-state index in [0.717, 1.165) is 12.8 Å². The second-order valence-corrected chi connectivity index (χ2v) is 6.17. The van der Waals surface area contributed by atoms with Crippen molar-refractivity contribution in [1.82, 2.24) is 4.72 Å². The quantitative estimate of drug-likeness (QED) is 0.571. The van der Waals surface area contributed by atoms with Gasteiger partial charge in [-0.2, -0.15) is 0 Å². The van der Waals surface area contributed by atoms with Crippen molar-refractivity contribution in [1.29, 1.82) is 0 Å². The smallest absolute Gasteiger partial charge is 0.213 e. The molecule has 3 N–H and O–H groups in total. The maximum absolute atomic E-state index is 11.7. The summed E-state index contributed by atoms with van der Waals surface area (Å²) in [7, 11) is -3.25. The van der Waals surface area contributed by atoms with Gasteiger partial charge in [0.1, 0.15) is 0 Å². The van der Waals surface area contributed by atoms with Gasteiger partial charge < -0.3 is 10.5 Å². The van der Waals surface area contributed by atoms with Crippen molar-refractivity contribution >= 4 is 10.0 Å². The summed E-state index contributed by atoms with van der Waals surface area (Å²) in [4.78, 5) is 0. The first kappa shape index (κ1) is 16.8. The minimum absolute atomic E-state index is 0.00885. The van der Waals surface area contributed by atoms with Gasteiger partial charge in [0.05, 0.1) is 12.4 Å². The average Bonchev–Trinajstić information content (AvgIpc) is 2.32. The van der Waals surface area contributed by atoms with Gasteiger partial charge in [-0.1, -0.05) is 13.8 Å². The Balaban J connectivity index is 4.24. The van der Waals surface area contributed by atoms with Crippen LogP contribution < -0.4 is 10.5 Å². The van der Waals surface area contributed by atoms with Crippen molar-refractivity contribution in [3.63, 3.8) is 0 Å². The summed E-state index contributed by atoms with van der Waals surface area (Å²) in [5.74, 6) is 0.00885. The molecule has 0 bridgehead atoms. The van der Waals surface area contributed by atoms with E-state index >= 15 is 0 Å². The number of hydrogen-bond acceptors (Lipinski definition) is 4. The molecule has 0 aromatic carbocycles. The van der Waals surface area contributed by atoms with Crippen LogP contribution in [0.5, 0.6) is 0 Å². The van der Waals surface area contributed by atoms with E-state index in [1.54, 1.807) is 0 Å². The molecule has 17 heavy (non-hydrogen) atoms. The topological polar surface area (TPSA) is 81.4 Å². The molecule has 0 heterocycles. The highest BCUT2D eigenvalue weighted by molar-refractivity contribution is 7.89. The minimum Gasteiger partial charge on any atom is -0.381 e. The summed E-state index contributed by atoms with van der Waals surface area (Å²) in [6, 6.07) is 0. The maximum Gasteiger partial charge on any atom is 0.213 e. The highest BCUT2D eigenvalue weighted by atomic mass is 32.2. The Morgan fingerprint density at radius 3 is 2.24 bits per heavy atom. The van der Waals surface area contributed by atoms with Crippen molar-refractivity contribution < 1.29 is 13.2 Å². The third-order valence-corrected chi connectivity index (χ3v) is 4.59. The number of ether oxygens (including phenoxy) is 1. The van der Waals surface area contributed by atoms with Crippen LogP contribution in [0, 0.1) is 5.41 Å². The number of nitrogens with one attached hydrogen (secondary N) is 1. The van der Waals surface area contributed by atoms with Crippen molar-refractivity contribution in [3.05, 3.63) is 0 Å². The molecule has 6 heteroatoms. The molecule has 0 radical (unpaired) electrons. The summed E-state index contributed by atoms with van der Waals surface area (Å²) in [5.41, 5.74) is 5.59. The molecule has 5 nitrogen and oxygen atoms in total. The van der Waals surface area contributed by atoms with Crippen LogP contribution in [0.15, 0.2) is 0 Å². The Hall–Kier alpha value is -0.170. The van der Waals surface area contributed by atoms with Gasteiger partial charge in [-0.05, 0) is 31.7 Å². The summed E-state index contributed by atoms with van der Waals surface area (Å²) in [5, 5.41) is 0. The van der Waals surface area contributed by atoms with E-state index in [-0.39, 0.29) is 17.8 Å². The molecule has 0 aliphatic rings. The van der Waals surface area contributed by atoms with Crippen LogP contribution >= 0.6 is 0 Å². The van der Waals surface area contributed by atoms with Crippen molar-refractivity contribution in [2.75, 3.05) is 32.1 Å². The lowest BCUT2D eigenvalue weighted by Crippen LogP contribution is -2.42. The Bertz CT molecular complexity index is 279. The van der Waals surface area contributed by atoms with Crippen LogP contribution in [0.3, 0.4) is 0 Å². The molecule has 0 aromatic rings.